The third-order valence-corrected chi connectivity index (χ3v) is 3.55. The Labute approximate surface area is 100 Å². The molecule has 0 saturated heterocycles. The van der Waals surface area contributed by atoms with Crippen molar-refractivity contribution in [2.24, 2.45) is 5.73 Å². The first-order valence-corrected chi connectivity index (χ1v) is 5.77. The maximum absolute atomic E-state index is 11.1. The van der Waals surface area contributed by atoms with Crippen LogP contribution in [0.2, 0.25) is 5.02 Å². The van der Waals surface area contributed by atoms with Gasteiger partial charge in [0.1, 0.15) is 0 Å². The van der Waals surface area contributed by atoms with E-state index in [9.17, 15) is 4.79 Å². The van der Waals surface area contributed by atoms with Gasteiger partial charge in [0.2, 0.25) is 5.91 Å². The third kappa shape index (κ3) is 2.06. The van der Waals surface area contributed by atoms with Crippen LogP contribution in [0.15, 0.2) is 18.2 Å². The lowest BCUT2D eigenvalue weighted by Crippen LogP contribution is -2.45. The number of fused-ring (bicyclic) bond motifs is 1. The smallest absolute Gasteiger partial charge is 0.234 e. The number of hydrogen-bond acceptors (Lipinski definition) is 2. The van der Waals surface area contributed by atoms with E-state index in [2.05, 4.69) is 11.0 Å². The molecule has 3 nitrogen and oxygen atoms in total. The summed E-state index contributed by atoms with van der Waals surface area (Å²) in [6.45, 7) is 3.43. The molecule has 0 aliphatic carbocycles. The first-order chi connectivity index (χ1) is 7.59. The molecule has 1 aromatic carbocycles. The van der Waals surface area contributed by atoms with Gasteiger partial charge < -0.3 is 5.73 Å². The number of benzene rings is 1. The van der Waals surface area contributed by atoms with Crippen LogP contribution >= 0.6 is 11.6 Å². The van der Waals surface area contributed by atoms with Gasteiger partial charge in [0.15, 0.2) is 0 Å². The van der Waals surface area contributed by atoms with Crippen LogP contribution in [-0.2, 0) is 17.8 Å². The number of nitrogens with zero attached hydrogens (tertiary/aromatic N) is 1. The zero-order chi connectivity index (χ0) is 11.7. The van der Waals surface area contributed by atoms with Crippen molar-refractivity contribution in [2.45, 2.75) is 25.9 Å². The lowest BCUT2D eigenvalue weighted by Gasteiger charge is -2.32. The minimum atomic E-state index is -0.273. The van der Waals surface area contributed by atoms with Crippen LogP contribution in [0, 0.1) is 0 Å². The van der Waals surface area contributed by atoms with Gasteiger partial charge in [0, 0.05) is 18.1 Å². The fraction of sp³-hybridized carbons (Fsp3) is 0.417. The highest BCUT2D eigenvalue weighted by atomic mass is 35.5. The van der Waals surface area contributed by atoms with Gasteiger partial charge in [-0.2, -0.15) is 0 Å². The molecule has 0 fully saturated rings. The zero-order valence-corrected chi connectivity index (χ0v) is 10.00. The number of carbonyl (C=O) groups excluding carboxylic acids is 1. The van der Waals surface area contributed by atoms with Gasteiger partial charge in [-0.15, -0.1) is 0 Å². The summed E-state index contributed by atoms with van der Waals surface area (Å²) < 4.78 is 0. The molecule has 2 rings (SSSR count). The highest BCUT2D eigenvalue weighted by Crippen LogP contribution is 2.26. The van der Waals surface area contributed by atoms with Crippen LogP contribution in [0.3, 0.4) is 0 Å². The first kappa shape index (κ1) is 11.4. The van der Waals surface area contributed by atoms with Crippen LogP contribution in [0.5, 0.6) is 0 Å². The van der Waals surface area contributed by atoms with Crippen molar-refractivity contribution in [3.63, 3.8) is 0 Å². The van der Waals surface area contributed by atoms with Gasteiger partial charge in [0.25, 0.3) is 0 Å². The van der Waals surface area contributed by atoms with Crippen LogP contribution in [0.4, 0.5) is 0 Å². The molecule has 16 heavy (non-hydrogen) atoms. The molecule has 1 atom stereocenters. The van der Waals surface area contributed by atoms with E-state index in [0.29, 0.717) is 0 Å². The summed E-state index contributed by atoms with van der Waals surface area (Å²) in [4.78, 5) is 13.2. The molecule has 1 amide bonds. The van der Waals surface area contributed by atoms with Crippen LogP contribution in [0.1, 0.15) is 18.1 Å². The van der Waals surface area contributed by atoms with E-state index in [4.69, 9.17) is 17.3 Å². The minimum Gasteiger partial charge on any atom is -0.368 e. The molecular formula is C12H15ClN2O. The Morgan fingerprint density at radius 1 is 1.56 bits per heavy atom. The fourth-order valence-electron chi connectivity index (χ4n) is 2.10. The van der Waals surface area contributed by atoms with E-state index in [1.807, 2.05) is 19.1 Å². The largest absolute Gasteiger partial charge is 0.368 e. The van der Waals surface area contributed by atoms with Crippen molar-refractivity contribution >= 4 is 17.5 Å². The second-order valence-corrected chi connectivity index (χ2v) is 4.58. The summed E-state index contributed by atoms with van der Waals surface area (Å²) in [5, 5.41) is 0.823. The van der Waals surface area contributed by atoms with E-state index >= 15 is 0 Å². The molecule has 2 N–H and O–H groups in total. The van der Waals surface area contributed by atoms with Gasteiger partial charge in [-0.1, -0.05) is 23.7 Å². The van der Waals surface area contributed by atoms with Crippen molar-refractivity contribution in [2.75, 3.05) is 6.54 Å². The molecule has 0 saturated carbocycles. The Kier molecular flexibility index (Phi) is 3.17. The maximum atomic E-state index is 11.1. The molecule has 0 aromatic heterocycles. The second-order valence-electron chi connectivity index (χ2n) is 4.18. The van der Waals surface area contributed by atoms with Crippen LogP contribution in [0.25, 0.3) is 0 Å². The Morgan fingerprint density at radius 2 is 2.31 bits per heavy atom. The maximum Gasteiger partial charge on any atom is 0.234 e. The topological polar surface area (TPSA) is 46.3 Å². The van der Waals surface area contributed by atoms with E-state index in [1.54, 1.807) is 0 Å². The standard InChI is InChI=1S/C12H15ClN2O/c1-8(12(14)16)15-6-5-10-9(7-15)3-2-4-11(10)13/h2-4,8H,5-7H2,1H3,(H2,14,16). The molecule has 1 aliphatic rings. The highest BCUT2D eigenvalue weighted by molar-refractivity contribution is 6.31. The number of nitrogens with two attached hydrogens (primary N) is 1. The molecule has 86 valence electrons. The number of primary amides is 1. The molecule has 1 aliphatic heterocycles. The molecule has 1 unspecified atom stereocenters. The van der Waals surface area contributed by atoms with E-state index in [1.165, 1.54) is 11.1 Å². The zero-order valence-electron chi connectivity index (χ0n) is 9.24. The Bertz CT molecular complexity index is 419. The summed E-state index contributed by atoms with van der Waals surface area (Å²) in [5.41, 5.74) is 7.72. The van der Waals surface area contributed by atoms with Gasteiger partial charge in [-0.3, -0.25) is 9.69 Å². The van der Waals surface area contributed by atoms with Gasteiger partial charge in [0.05, 0.1) is 6.04 Å². The molecular weight excluding hydrogens is 224 g/mol. The summed E-state index contributed by atoms with van der Waals surface area (Å²) in [6.07, 6.45) is 0.882. The average Bonchev–Trinajstić information content (AvgIpc) is 2.28. The van der Waals surface area contributed by atoms with Gasteiger partial charge in [-0.25, -0.2) is 0 Å². The first-order valence-electron chi connectivity index (χ1n) is 5.39. The van der Waals surface area contributed by atoms with Crippen molar-refractivity contribution in [3.8, 4) is 0 Å². The number of rotatable bonds is 2. The Morgan fingerprint density at radius 3 is 3.00 bits per heavy atom. The molecule has 0 radical (unpaired) electrons. The number of hydrogen-bond donors (Lipinski definition) is 1. The third-order valence-electron chi connectivity index (χ3n) is 3.20. The van der Waals surface area contributed by atoms with Crippen molar-refractivity contribution in [3.05, 3.63) is 34.3 Å². The van der Waals surface area contributed by atoms with E-state index in [0.717, 1.165) is 24.5 Å². The predicted octanol–water partition coefficient (Wildman–Crippen LogP) is 1.57. The monoisotopic (exact) mass is 238 g/mol. The molecule has 0 spiro atoms. The summed E-state index contributed by atoms with van der Waals surface area (Å²) >= 11 is 6.12. The molecule has 1 heterocycles. The van der Waals surface area contributed by atoms with Crippen molar-refractivity contribution < 1.29 is 4.79 Å². The van der Waals surface area contributed by atoms with Crippen molar-refractivity contribution in [1.82, 2.24) is 4.90 Å². The number of amides is 1. The van der Waals surface area contributed by atoms with Crippen LogP contribution < -0.4 is 5.73 Å². The van der Waals surface area contributed by atoms with Gasteiger partial charge in [-0.05, 0) is 30.5 Å². The quantitative estimate of drug-likeness (QED) is 0.850. The second kappa shape index (κ2) is 4.44. The average molecular weight is 239 g/mol. The molecule has 4 heteroatoms. The lowest BCUT2D eigenvalue weighted by atomic mass is 9.98. The number of carbonyl (C=O) groups is 1. The summed E-state index contributed by atoms with van der Waals surface area (Å²) in [5.74, 6) is -0.273. The fourth-order valence-corrected chi connectivity index (χ4v) is 2.38. The Balaban J connectivity index is 2.21. The van der Waals surface area contributed by atoms with Crippen LogP contribution in [-0.4, -0.2) is 23.4 Å². The SMILES string of the molecule is CC(C(N)=O)N1CCc2c(Cl)cccc2C1. The lowest BCUT2D eigenvalue weighted by molar-refractivity contribution is -0.123. The predicted molar refractivity (Wildman–Crippen MR) is 64.2 cm³/mol. The normalized spacial score (nSPS) is 17.9. The Hall–Kier alpha value is -1.06. The van der Waals surface area contributed by atoms with Crippen molar-refractivity contribution in [1.29, 1.82) is 0 Å². The van der Waals surface area contributed by atoms with Gasteiger partial charge >= 0.3 is 0 Å². The minimum absolute atomic E-state index is 0.216. The highest BCUT2D eigenvalue weighted by Gasteiger charge is 2.24. The van der Waals surface area contributed by atoms with E-state index in [-0.39, 0.29) is 11.9 Å². The molecule has 0 bridgehead atoms. The summed E-state index contributed by atoms with van der Waals surface area (Å²) in [6, 6.07) is 5.70. The number of halogens is 1. The van der Waals surface area contributed by atoms with E-state index < -0.39 is 0 Å². The molecule has 1 aromatic rings. The summed E-state index contributed by atoms with van der Waals surface area (Å²) in [7, 11) is 0.